The third-order valence-electron chi connectivity index (χ3n) is 1.76. The molecule has 70 valence electrons. The van der Waals surface area contributed by atoms with Gasteiger partial charge in [0.1, 0.15) is 18.8 Å². The first-order valence-corrected chi connectivity index (χ1v) is 4.15. The van der Waals surface area contributed by atoms with E-state index in [0.29, 0.717) is 5.56 Å². The summed E-state index contributed by atoms with van der Waals surface area (Å²) >= 11 is 0. The zero-order valence-corrected chi connectivity index (χ0v) is 7.34. The van der Waals surface area contributed by atoms with Gasteiger partial charge in [0.2, 0.25) is 11.5 Å². The molecule has 1 heterocycles. The van der Waals surface area contributed by atoms with Crippen LogP contribution in [0.1, 0.15) is 10.4 Å². The number of ether oxygens (including phenoxy) is 2. The maximum Gasteiger partial charge on any atom is 0.231 e. The third kappa shape index (κ3) is 1.66. The molecule has 0 aliphatic carbocycles. The fourth-order valence-corrected chi connectivity index (χ4v) is 1.10. The summed E-state index contributed by atoms with van der Waals surface area (Å²) < 4.78 is 9.84. The van der Waals surface area contributed by atoms with Crippen molar-refractivity contribution < 1.29 is 14.3 Å². The van der Waals surface area contributed by atoms with Gasteiger partial charge in [-0.3, -0.25) is 4.79 Å². The lowest BCUT2D eigenvalue weighted by Crippen LogP contribution is -2.06. The van der Waals surface area contributed by atoms with Crippen LogP contribution in [0.5, 0.6) is 0 Å². The van der Waals surface area contributed by atoms with Crippen LogP contribution in [0.2, 0.25) is 0 Å². The number of rotatable bonds is 2. The first-order valence-electron chi connectivity index (χ1n) is 4.15. The average molecular weight is 188 g/mol. The van der Waals surface area contributed by atoms with E-state index in [2.05, 4.69) is 0 Å². The smallest absolute Gasteiger partial charge is 0.231 e. The fraction of sp³-hybridized carbons (Fsp3) is 0. The molecule has 1 aliphatic heterocycles. The van der Waals surface area contributed by atoms with Gasteiger partial charge >= 0.3 is 0 Å². The number of Topliss-reactive ketones (excluding diaryl/α,β-unsaturated/α-hetero) is 1. The summed E-state index contributed by atoms with van der Waals surface area (Å²) in [7, 11) is 0. The second-order valence-corrected chi connectivity index (χ2v) is 2.70. The van der Waals surface area contributed by atoms with E-state index in [0.717, 1.165) is 0 Å². The number of ketones is 1. The molecular formula is C11H8O3. The van der Waals surface area contributed by atoms with Gasteiger partial charge in [-0.2, -0.15) is 0 Å². The predicted octanol–water partition coefficient (Wildman–Crippen LogP) is 2.23. The summed E-state index contributed by atoms with van der Waals surface area (Å²) in [6, 6.07) is 8.90. The Bertz CT molecular complexity index is 390. The molecular weight excluding hydrogens is 180 g/mol. The highest BCUT2D eigenvalue weighted by atomic mass is 16.5. The van der Waals surface area contributed by atoms with Crippen molar-refractivity contribution in [2.24, 2.45) is 0 Å². The van der Waals surface area contributed by atoms with Crippen molar-refractivity contribution in [1.29, 1.82) is 0 Å². The lowest BCUT2D eigenvalue weighted by molar-refractivity contribution is 0.0948. The molecule has 14 heavy (non-hydrogen) atoms. The van der Waals surface area contributed by atoms with Crippen molar-refractivity contribution in [2.45, 2.75) is 0 Å². The maximum atomic E-state index is 11.7. The lowest BCUT2D eigenvalue weighted by atomic mass is 10.1. The van der Waals surface area contributed by atoms with Gasteiger partial charge in [-0.25, -0.2) is 0 Å². The first kappa shape index (κ1) is 8.56. The van der Waals surface area contributed by atoms with Gasteiger partial charge in [0, 0.05) is 5.56 Å². The minimum atomic E-state index is -0.185. The van der Waals surface area contributed by atoms with Crippen molar-refractivity contribution >= 4 is 5.78 Å². The molecule has 3 heteroatoms. The Balaban J connectivity index is 2.21. The third-order valence-corrected chi connectivity index (χ3v) is 1.76. The van der Waals surface area contributed by atoms with Crippen LogP contribution in [-0.4, -0.2) is 5.78 Å². The van der Waals surface area contributed by atoms with E-state index in [1.165, 1.54) is 18.8 Å². The summed E-state index contributed by atoms with van der Waals surface area (Å²) in [5, 5.41) is 0. The zero-order chi connectivity index (χ0) is 9.80. The molecule has 0 aromatic heterocycles. The van der Waals surface area contributed by atoms with Crippen molar-refractivity contribution in [3.05, 3.63) is 60.4 Å². The standard InChI is InChI=1S/C11H8O3/c12-11(9-4-2-1-3-5-9)10-8-13-6-7-14-10/h1-8H. The molecule has 3 nitrogen and oxygen atoms in total. The van der Waals surface area contributed by atoms with Crippen LogP contribution < -0.4 is 0 Å². The Kier molecular flexibility index (Phi) is 2.32. The van der Waals surface area contributed by atoms with E-state index in [4.69, 9.17) is 9.47 Å². The molecule has 0 saturated carbocycles. The number of hydrogen-bond donors (Lipinski definition) is 0. The lowest BCUT2D eigenvalue weighted by Gasteiger charge is -2.08. The van der Waals surface area contributed by atoms with Gasteiger partial charge < -0.3 is 9.47 Å². The van der Waals surface area contributed by atoms with Gasteiger partial charge in [0.05, 0.1) is 0 Å². The Morgan fingerprint density at radius 2 is 1.86 bits per heavy atom. The highest BCUT2D eigenvalue weighted by Gasteiger charge is 2.14. The van der Waals surface area contributed by atoms with E-state index in [1.807, 2.05) is 6.07 Å². The second kappa shape index (κ2) is 3.79. The van der Waals surface area contributed by atoms with Crippen LogP contribution in [0.15, 0.2) is 54.9 Å². The molecule has 0 saturated heterocycles. The first-order chi connectivity index (χ1) is 6.88. The summed E-state index contributed by atoms with van der Waals surface area (Å²) in [6.45, 7) is 0. The van der Waals surface area contributed by atoms with Crippen molar-refractivity contribution in [3.8, 4) is 0 Å². The predicted molar refractivity (Wildman–Crippen MR) is 50.2 cm³/mol. The van der Waals surface area contributed by atoms with E-state index in [-0.39, 0.29) is 11.5 Å². The Morgan fingerprint density at radius 3 is 2.50 bits per heavy atom. The monoisotopic (exact) mass is 188 g/mol. The number of hydrogen-bond acceptors (Lipinski definition) is 3. The van der Waals surface area contributed by atoms with E-state index < -0.39 is 0 Å². The molecule has 2 rings (SSSR count). The van der Waals surface area contributed by atoms with Gasteiger partial charge in [-0.05, 0) is 0 Å². The summed E-state index contributed by atoms with van der Waals surface area (Å²) in [4.78, 5) is 11.7. The van der Waals surface area contributed by atoms with Crippen LogP contribution >= 0.6 is 0 Å². The zero-order valence-electron chi connectivity index (χ0n) is 7.34. The molecule has 0 unspecified atom stereocenters. The van der Waals surface area contributed by atoms with Crippen molar-refractivity contribution in [2.75, 3.05) is 0 Å². The highest BCUT2D eigenvalue weighted by molar-refractivity contribution is 6.07. The topological polar surface area (TPSA) is 35.5 Å². The van der Waals surface area contributed by atoms with Gasteiger partial charge in [-0.15, -0.1) is 0 Å². The van der Waals surface area contributed by atoms with Crippen molar-refractivity contribution in [3.63, 3.8) is 0 Å². The fourth-order valence-electron chi connectivity index (χ4n) is 1.10. The van der Waals surface area contributed by atoms with Gasteiger partial charge in [0.15, 0.2) is 0 Å². The van der Waals surface area contributed by atoms with Crippen LogP contribution in [0.25, 0.3) is 0 Å². The Labute approximate surface area is 81.3 Å². The summed E-state index contributed by atoms with van der Waals surface area (Å²) in [5.41, 5.74) is 0.581. The van der Waals surface area contributed by atoms with Crippen LogP contribution in [0.4, 0.5) is 0 Å². The average Bonchev–Trinajstić information content (AvgIpc) is 2.30. The number of carbonyl (C=O) groups is 1. The molecule has 1 aliphatic rings. The molecule has 0 spiro atoms. The van der Waals surface area contributed by atoms with Crippen LogP contribution in [-0.2, 0) is 9.47 Å². The van der Waals surface area contributed by atoms with Crippen molar-refractivity contribution in [1.82, 2.24) is 0 Å². The molecule has 0 bridgehead atoms. The minimum Gasteiger partial charge on any atom is -0.465 e. The molecule has 1 aromatic carbocycles. The molecule has 0 N–H and O–H groups in total. The van der Waals surface area contributed by atoms with Gasteiger partial charge in [0.25, 0.3) is 0 Å². The largest absolute Gasteiger partial charge is 0.465 e. The number of carbonyl (C=O) groups excluding carboxylic acids is 1. The Morgan fingerprint density at radius 1 is 1.07 bits per heavy atom. The summed E-state index contributed by atoms with van der Waals surface area (Å²) in [6.07, 6.45) is 3.98. The second-order valence-electron chi connectivity index (χ2n) is 2.70. The molecule has 0 amide bonds. The molecule has 0 radical (unpaired) electrons. The molecule has 0 fully saturated rings. The minimum absolute atomic E-state index is 0.185. The highest BCUT2D eigenvalue weighted by Crippen LogP contribution is 2.12. The quantitative estimate of drug-likeness (QED) is 0.667. The number of benzene rings is 1. The van der Waals surface area contributed by atoms with E-state index in [9.17, 15) is 4.79 Å². The molecule has 0 atom stereocenters. The summed E-state index contributed by atoms with van der Waals surface area (Å²) in [5.74, 6) is 0.00801. The van der Waals surface area contributed by atoms with Crippen LogP contribution in [0, 0.1) is 0 Å². The number of allylic oxidation sites excluding steroid dienone is 1. The SMILES string of the molecule is O=C(C1=COC=CO1)c1ccccc1. The Hall–Kier alpha value is -2.03. The maximum absolute atomic E-state index is 11.7. The normalized spacial score (nSPS) is 13.9. The van der Waals surface area contributed by atoms with Gasteiger partial charge in [-0.1, -0.05) is 30.3 Å². The molecule has 1 aromatic rings. The van der Waals surface area contributed by atoms with E-state index in [1.54, 1.807) is 24.3 Å². The van der Waals surface area contributed by atoms with E-state index >= 15 is 0 Å². The van der Waals surface area contributed by atoms with Crippen LogP contribution in [0.3, 0.4) is 0 Å².